The van der Waals surface area contributed by atoms with Gasteiger partial charge in [0.1, 0.15) is 5.75 Å². The van der Waals surface area contributed by atoms with Crippen LogP contribution in [-0.4, -0.2) is 19.2 Å². The molecule has 0 heterocycles. The molecule has 0 radical (unpaired) electrons. The van der Waals surface area contributed by atoms with E-state index in [1.54, 1.807) is 0 Å². The zero-order chi connectivity index (χ0) is 22.9. The molecule has 3 aromatic rings. The summed E-state index contributed by atoms with van der Waals surface area (Å²) in [4.78, 5) is 11.0. The van der Waals surface area contributed by atoms with E-state index in [0.29, 0.717) is 13.2 Å². The van der Waals surface area contributed by atoms with Gasteiger partial charge in [-0.25, -0.2) is 4.79 Å². The van der Waals surface area contributed by atoms with E-state index in [-0.39, 0.29) is 5.97 Å². The average Bonchev–Trinajstić information content (AvgIpc) is 2.88. The minimum atomic E-state index is -0.360. The summed E-state index contributed by atoms with van der Waals surface area (Å²) in [5.74, 6) is 0.627. The second-order valence-corrected chi connectivity index (χ2v) is 8.22. The van der Waals surface area contributed by atoms with E-state index in [1.165, 1.54) is 39.5 Å². The molecule has 1 aliphatic rings. The molecule has 3 heteroatoms. The average molecular weight is 439 g/mol. The summed E-state index contributed by atoms with van der Waals surface area (Å²) >= 11 is 0. The lowest BCUT2D eigenvalue weighted by molar-refractivity contribution is -0.137. The fraction of sp³-hybridized carbons (Fsp3) is 0.233. The van der Waals surface area contributed by atoms with Crippen molar-refractivity contribution in [1.82, 2.24) is 0 Å². The van der Waals surface area contributed by atoms with Gasteiger partial charge in [0.05, 0.1) is 13.2 Å². The largest absolute Gasteiger partial charge is 0.493 e. The first-order valence-electron chi connectivity index (χ1n) is 11.6. The third kappa shape index (κ3) is 6.01. The van der Waals surface area contributed by atoms with Crippen LogP contribution in [-0.2, 0) is 16.0 Å². The molecule has 0 atom stereocenters. The summed E-state index contributed by atoms with van der Waals surface area (Å²) < 4.78 is 11.1. The molecule has 0 amide bonds. The number of hydrogen-bond acceptors (Lipinski definition) is 3. The maximum Gasteiger partial charge on any atom is 0.330 e. The normalized spacial score (nSPS) is 12.4. The minimum absolute atomic E-state index is 0.360. The maximum absolute atomic E-state index is 11.0. The maximum atomic E-state index is 11.0. The molecule has 0 unspecified atom stereocenters. The summed E-state index contributed by atoms with van der Waals surface area (Å²) in [5.41, 5.74) is 7.67. The first-order chi connectivity index (χ1) is 16.2. The van der Waals surface area contributed by atoms with Crippen LogP contribution in [0.25, 0.3) is 22.8 Å². The molecule has 0 N–H and O–H groups in total. The van der Waals surface area contributed by atoms with Crippen molar-refractivity contribution in [2.75, 3.05) is 13.2 Å². The lowest BCUT2D eigenvalue weighted by Crippen LogP contribution is -2.06. The van der Waals surface area contributed by atoms with E-state index in [0.717, 1.165) is 37.9 Å². The van der Waals surface area contributed by atoms with Crippen molar-refractivity contribution >= 4 is 17.6 Å². The first-order valence-corrected chi connectivity index (χ1v) is 11.6. The Morgan fingerprint density at radius 3 is 2.30 bits per heavy atom. The van der Waals surface area contributed by atoms with Crippen molar-refractivity contribution in [1.29, 1.82) is 0 Å². The fourth-order valence-corrected chi connectivity index (χ4v) is 4.17. The number of allylic oxidation sites excluding steroid dienone is 1. The lowest BCUT2D eigenvalue weighted by atomic mass is 9.87. The highest BCUT2D eigenvalue weighted by Crippen LogP contribution is 2.35. The molecule has 0 bridgehead atoms. The zero-order valence-electron chi connectivity index (χ0n) is 19.0. The van der Waals surface area contributed by atoms with Crippen molar-refractivity contribution in [3.8, 4) is 16.9 Å². The van der Waals surface area contributed by atoms with Gasteiger partial charge >= 0.3 is 5.97 Å². The Bertz CT molecular complexity index is 1110. The van der Waals surface area contributed by atoms with E-state index < -0.39 is 0 Å². The third-order valence-corrected chi connectivity index (χ3v) is 5.96. The Morgan fingerprint density at radius 1 is 0.788 bits per heavy atom. The molecule has 0 aromatic heterocycles. The van der Waals surface area contributed by atoms with Gasteiger partial charge in [-0.3, -0.25) is 0 Å². The van der Waals surface area contributed by atoms with Crippen molar-refractivity contribution in [3.63, 3.8) is 0 Å². The van der Waals surface area contributed by atoms with Gasteiger partial charge in [-0.15, -0.1) is 0 Å². The SMILES string of the molecule is C=CC(=O)OCCCCCOc1cccc2c1CCC(c1ccc(-c3ccccc3)cc1)=C2. The molecular formula is C30H30O3. The standard InChI is InChI=1S/C30H30O3/c1-2-30(31)33-21-8-4-7-20-32-29-13-9-12-27-22-26(18-19-28(27)29)25-16-14-24(15-17-25)23-10-5-3-6-11-23/h2-3,5-6,9-17,22H,1,4,7-8,18-21H2. The molecule has 0 saturated carbocycles. The van der Waals surface area contributed by atoms with Crippen LogP contribution in [0.4, 0.5) is 0 Å². The third-order valence-electron chi connectivity index (χ3n) is 5.96. The van der Waals surface area contributed by atoms with Gasteiger partial charge in [0, 0.05) is 11.6 Å². The Labute approximate surface area is 196 Å². The van der Waals surface area contributed by atoms with Gasteiger partial charge in [0.2, 0.25) is 0 Å². The molecule has 33 heavy (non-hydrogen) atoms. The number of carbonyl (C=O) groups is 1. The molecule has 0 saturated heterocycles. The summed E-state index contributed by atoms with van der Waals surface area (Å²) in [5, 5.41) is 0. The predicted molar refractivity (Wildman–Crippen MR) is 135 cm³/mol. The van der Waals surface area contributed by atoms with Gasteiger partial charge in [0.15, 0.2) is 0 Å². The number of fused-ring (bicyclic) bond motifs is 1. The van der Waals surface area contributed by atoms with E-state index in [1.807, 2.05) is 6.07 Å². The van der Waals surface area contributed by atoms with Crippen LogP contribution in [0.15, 0.2) is 85.5 Å². The summed E-state index contributed by atoms with van der Waals surface area (Å²) in [6.45, 7) is 4.50. The van der Waals surface area contributed by atoms with Crippen molar-refractivity contribution < 1.29 is 14.3 Å². The van der Waals surface area contributed by atoms with Gasteiger partial charge in [-0.2, -0.15) is 0 Å². The van der Waals surface area contributed by atoms with Crippen molar-refractivity contribution in [2.45, 2.75) is 32.1 Å². The smallest absolute Gasteiger partial charge is 0.330 e. The molecule has 0 aliphatic heterocycles. The predicted octanol–water partition coefficient (Wildman–Crippen LogP) is 7.12. The number of esters is 1. The van der Waals surface area contributed by atoms with Gasteiger partial charge in [-0.05, 0) is 66.0 Å². The molecular weight excluding hydrogens is 408 g/mol. The second-order valence-electron chi connectivity index (χ2n) is 8.22. The first kappa shape index (κ1) is 22.6. The van der Waals surface area contributed by atoms with E-state index in [4.69, 9.17) is 9.47 Å². The van der Waals surface area contributed by atoms with Crippen LogP contribution in [0.5, 0.6) is 5.75 Å². The van der Waals surface area contributed by atoms with Crippen LogP contribution < -0.4 is 4.74 Å². The number of ether oxygens (including phenoxy) is 2. The molecule has 4 rings (SSSR count). The summed E-state index contributed by atoms with van der Waals surface area (Å²) in [7, 11) is 0. The number of benzene rings is 3. The van der Waals surface area contributed by atoms with Crippen LogP contribution in [0.1, 0.15) is 42.4 Å². The molecule has 3 aromatic carbocycles. The van der Waals surface area contributed by atoms with E-state index >= 15 is 0 Å². The van der Waals surface area contributed by atoms with Crippen molar-refractivity contribution in [3.05, 3.63) is 102 Å². The lowest BCUT2D eigenvalue weighted by Gasteiger charge is -2.20. The molecule has 0 fully saturated rings. The quantitative estimate of drug-likeness (QED) is 0.192. The van der Waals surface area contributed by atoms with Crippen LogP contribution in [0.2, 0.25) is 0 Å². The monoisotopic (exact) mass is 438 g/mol. The summed E-state index contributed by atoms with van der Waals surface area (Å²) in [6.07, 6.45) is 8.22. The Hall–Kier alpha value is -3.59. The Kier molecular flexibility index (Phi) is 7.76. The number of hydrogen-bond donors (Lipinski definition) is 0. The fourth-order valence-electron chi connectivity index (χ4n) is 4.17. The highest BCUT2D eigenvalue weighted by atomic mass is 16.5. The van der Waals surface area contributed by atoms with Gasteiger partial charge < -0.3 is 9.47 Å². The van der Waals surface area contributed by atoms with Crippen molar-refractivity contribution in [2.24, 2.45) is 0 Å². The van der Waals surface area contributed by atoms with Crippen LogP contribution >= 0.6 is 0 Å². The second kappa shape index (κ2) is 11.3. The zero-order valence-corrected chi connectivity index (χ0v) is 19.0. The highest BCUT2D eigenvalue weighted by molar-refractivity contribution is 5.85. The van der Waals surface area contributed by atoms with Crippen LogP contribution in [0, 0.1) is 0 Å². The topological polar surface area (TPSA) is 35.5 Å². The van der Waals surface area contributed by atoms with E-state index in [2.05, 4.69) is 79.4 Å². The Balaban J connectivity index is 1.34. The Morgan fingerprint density at radius 2 is 1.52 bits per heavy atom. The summed E-state index contributed by atoms with van der Waals surface area (Å²) in [6, 6.07) is 25.7. The number of rotatable bonds is 10. The molecule has 0 spiro atoms. The van der Waals surface area contributed by atoms with Crippen LogP contribution in [0.3, 0.4) is 0 Å². The molecule has 3 nitrogen and oxygen atoms in total. The van der Waals surface area contributed by atoms with E-state index in [9.17, 15) is 4.79 Å². The number of carbonyl (C=O) groups excluding carboxylic acids is 1. The van der Waals surface area contributed by atoms with Gasteiger partial charge in [-0.1, -0.05) is 79.4 Å². The molecule has 1 aliphatic carbocycles. The molecule has 168 valence electrons. The minimum Gasteiger partial charge on any atom is -0.493 e. The highest BCUT2D eigenvalue weighted by Gasteiger charge is 2.16. The number of unbranched alkanes of at least 4 members (excludes halogenated alkanes) is 2. The van der Waals surface area contributed by atoms with Gasteiger partial charge in [0.25, 0.3) is 0 Å².